The zero-order valence-corrected chi connectivity index (χ0v) is 21.1. The number of nitrogens with zero attached hydrogens (tertiary/aromatic N) is 4. The van der Waals surface area contributed by atoms with Gasteiger partial charge in [0, 0.05) is 6.54 Å². The number of hydrogen-bond acceptors (Lipinski definition) is 10. The molecule has 1 aromatic carbocycles. The van der Waals surface area contributed by atoms with E-state index >= 15 is 0 Å². The van der Waals surface area contributed by atoms with E-state index in [0.29, 0.717) is 17.7 Å². The van der Waals surface area contributed by atoms with Gasteiger partial charge >= 0.3 is 6.03 Å². The fraction of sp³-hybridized carbons (Fsp3) is 0.391. The fourth-order valence-corrected chi connectivity index (χ4v) is 4.58. The van der Waals surface area contributed by atoms with Gasteiger partial charge in [0.05, 0.1) is 12.9 Å². The Labute approximate surface area is 217 Å². The summed E-state index contributed by atoms with van der Waals surface area (Å²) in [4.78, 5) is 45.3. The number of carbonyl (C=O) groups is 1. The molecule has 3 unspecified atom stereocenters. The first kappa shape index (κ1) is 26.4. The van der Waals surface area contributed by atoms with Gasteiger partial charge in [-0.1, -0.05) is 43.3 Å². The zero-order valence-electron chi connectivity index (χ0n) is 20.2. The molecular weight excluding hydrogens is 519 g/mol. The third-order valence-corrected chi connectivity index (χ3v) is 6.39. The maximum Gasteiger partial charge on any atom is 0.320 e. The number of phosphoric acid groups is 1. The Balaban J connectivity index is 1.40. The molecule has 2 saturated heterocycles. The summed E-state index contributed by atoms with van der Waals surface area (Å²) < 4.78 is 35.6. The lowest BCUT2D eigenvalue weighted by molar-refractivity contribution is -0.223. The van der Waals surface area contributed by atoms with Gasteiger partial charge in [-0.3, -0.25) is 14.4 Å². The molecule has 0 bridgehead atoms. The summed E-state index contributed by atoms with van der Waals surface area (Å²) in [5.74, 6) is 0.205. The number of anilines is 1. The number of hydrogen-bond donors (Lipinski definition) is 3. The third-order valence-electron chi connectivity index (χ3n) is 5.92. The number of phosphoric ester groups is 1. The summed E-state index contributed by atoms with van der Waals surface area (Å²) in [5, 5.41) is 5.36. The number of rotatable bonds is 9. The summed E-state index contributed by atoms with van der Waals surface area (Å²) in [5.41, 5.74) is 1.61. The van der Waals surface area contributed by atoms with E-state index in [1.54, 1.807) is 10.6 Å². The van der Waals surface area contributed by atoms with E-state index in [2.05, 4.69) is 30.1 Å². The van der Waals surface area contributed by atoms with Gasteiger partial charge in [0.25, 0.3) is 7.82 Å². The van der Waals surface area contributed by atoms with Gasteiger partial charge in [-0.15, -0.1) is 0 Å². The van der Waals surface area contributed by atoms with Crippen LogP contribution in [0.1, 0.15) is 25.1 Å². The Morgan fingerprint density at radius 2 is 2.00 bits per heavy atom. The van der Waals surface area contributed by atoms with Crippen LogP contribution in [0, 0.1) is 0 Å². The van der Waals surface area contributed by atoms with E-state index in [4.69, 9.17) is 19.1 Å². The van der Waals surface area contributed by atoms with Gasteiger partial charge in [-0.05, 0) is 18.1 Å². The number of aromatic nitrogens is 4. The summed E-state index contributed by atoms with van der Waals surface area (Å²) in [6.07, 6.45) is 3.17. The minimum atomic E-state index is -5.00. The SMILES string of the molecule is CCCNC(=O)Nc1ncnc2c1ncn2[C@@H]1O[C@H](COP(=O)([O-])O)[C@@H]2OC(/C=C/c3ccccc3)OC21. The molecule has 0 radical (unpaired) electrons. The average Bonchev–Trinajstić information content (AvgIpc) is 3.59. The van der Waals surface area contributed by atoms with E-state index in [9.17, 15) is 14.3 Å². The highest BCUT2D eigenvalue weighted by atomic mass is 31.2. The highest BCUT2D eigenvalue weighted by molar-refractivity contribution is 7.44. The molecule has 15 heteroatoms. The fourth-order valence-electron chi connectivity index (χ4n) is 4.25. The van der Waals surface area contributed by atoms with E-state index in [0.717, 1.165) is 12.0 Å². The van der Waals surface area contributed by atoms with E-state index in [1.807, 2.05) is 43.3 Å². The van der Waals surface area contributed by atoms with E-state index in [1.165, 1.54) is 12.7 Å². The second kappa shape index (κ2) is 11.3. The number of fused-ring (bicyclic) bond motifs is 2. The molecule has 2 aliphatic rings. The molecule has 0 aliphatic carbocycles. The molecule has 4 heterocycles. The Morgan fingerprint density at radius 3 is 2.76 bits per heavy atom. The first-order valence-corrected chi connectivity index (χ1v) is 13.4. The number of carbonyl (C=O) groups excluding carboxylic acids is 1. The smallest absolute Gasteiger partial charge is 0.320 e. The van der Waals surface area contributed by atoms with Crippen LogP contribution < -0.4 is 15.5 Å². The van der Waals surface area contributed by atoms with E-state index < -0.39 is 51.3 Å². The van der Waals surface area contributed by atoms with Crippen LogP contribution in [-0.2, 0) is 23.3 Å². The van der Waals surface area contributed by atoms with Crippen molar-refractivity contribution in [1.29, 1.82) is 0 Å². The summed E-state index contributed by atoms with van der Waals surface area (Å²) >= 11 is 0. The molecule has 2 fully saturated rings. The van der Waals surface area contributed by atoms with Gasteiger partial charge in [-0.25, -0.2) is 19.7 Å². The number of benzene rings is 1. The van der Waals surface area contributed by atoms with Gasteiger partial charge in [0.15, 0.2) is 29.5 Å². The lowest BCUT2D eigenvalue weighted by atomic mass is 10.1. The molecule has 5 rings (SSSR count). The summed E-state index contributed by atoms with van der Waals surface area (Å²) in [6, 6.07) is 9.13. The largest absolute Gasteiger partial charge is 0.756 e. The van der Waals surface area contributed by atoms with Gasteiger partial charge < -0.3 is 33.8 Å². The van der Waals surface area contributed by atoms with Crippen molar-refractivity contribution in [2.24, 2.45) is 0 Å². The van der Waals surface area contributed by atoms with Crippen molar-refractivity contribution in [3.05, 3.63) is 54.6 Å². The van der Waals surface area contributed by atoms with Crippen LogP contribution in [0.25, 0.3) is 17.2 Å². The Morgan fingerprint density at radius 1 is 1.21 bits per heavy atom. The van der Waals surface area contributed by atoms with Gasteiger partial charge in [0.2, 0.25) is 0 Å². The molecule has 2 aliphatic heterocycles. The lowest BCUT2D eigenvalue weighted by Crippen LogP contribution is -2.32. The minimum Gasteiger partial charge on any atom is -0.756 e. The Hall–Kier alpha value is -3.23. The van der Waals surface area contributed by atoms with Crippen LogP contribution in [0.15, 0.2) is 49.1 Å². The molecule has 38 heavy (non-hydrogen) atoms. The van der Waals surface area contributed by atoms with Gasteiger partial charge in [0.1, 0.15) is 24.6 Å². The molecule has 0 saturated carbocycles. The molecule has 0 spiro atoms. The van der Waals surface area contributed by atoms with Crippen molar-refractivity contribution in [3.8, 4) is 0 Å². The monoisotopic (exact) mass is 545 g/mol. The van der Waals surface area contributed by atoms with Crippen LogP contribution in [0.2, 0.25) is 0 Å². The third kappa shape index (κ3) is 5.92. The van der Waals surface area contributed by atoms with Crippen LogP contribution in [0.4, 0.5) is 10.6 Å². The Bertz CT molecular complexity index is 1350. The van der Waals surface area contributed by atoms with Crippen molar-refractivity contribution in [2.75, 3.05) is 18.5 Å². The second-order valence-electron chi connectivity index (χ2n) is 8.60. The average molecular weight is 545 g/mol. The topological polar surface area (TPSA) is 182 Å². The Kier molecular flexibility index (Phi) is 7.81. The standard InChI is InChI=1S/C23H27N6O8P/c1-2-10-24-23(30)28-20-17-21(26-12-25-20)29(13-27-17)22-19-18(15(35-22)11-34-38(31,32)33)36-16(37-19)9-8-14-6-4-3-5-7-14/h3-9,12-13,15-16,18-19,22H,2,10-11H2,1H3,(H2,31,32,33)(H2,24,25,26,28,30)/p-1/b9-8+/t15-,16?,18+,19?,22-/m1/s1. The number of ether oxygens (including phenoxy) is 3. The number of imidazole rings is 1. The normalized spacial score (nSPS) is 26.4. The number of nitrogens with one attached hydrogen (secondary N) is 2. The van der Waals surface area contributed by atoms with Crippen LogP contribution in [0.5, 0.6) is 0 Å². The highest BCUT2D eigenvalue weighted by Gasteiger charge is 2.53. The molecular formula is C23H26N6O8P-. The molecule has 14 nitrogen and oxygen atoms in total. The van der Waals surface area contributed by atoms with Crippen molar-refractivity contribution in [3.63, 3.8) is 0 Å². The molecule has 2 amide bonds. The first-order chi connectivity index (χ1) is 18.3. The van der Waals surface area contributed by atoms with Crippen molar-refractivity contribution in [2.45, 2.75) is 44.2 Å². The molecule has 202 valence electrons. The quantitative estimate of drug-likeness (QED) is 0.332. The highest BCUT2D eigenvalue weighted by Crippen LogP contribution is 2.42. The second-order valence-corrected chi connectivity index (χ2v) is 9.79. The van der Waals surface area contributed by atoms with Crippen molar-refractivity contribution < 1.29 is 37.9 Å². The minimum absolute atomic E-state index is 0.205. The maximum atomic E-state index is 12.2. The van der Waals surface area contributed by atoms with Crippen molar-refractivity contribution >= 4 is 36.9 Å². The van der Waals surface area contributed by atoms with Crippen LogP contribution in [-0.4, -0.2) is 68.2 Å². The van der Waals surface area contributed by atoms with Gasteiger partial charge in [-0.2, -0.15) is 0 Å². The zero-order chi connectivity index (χ0) is 26.7. The first-order valence-electron chi connectivity index (χ1n) is 11.9. The summed E-state index contributed by atoms with van der Waals surface area (Å²) in [6.45, 7) is 1.95. The maximum absolute atomic E-state index is 12.2. The number of amides is 2. The summed E-state index contributed by atoms with van der Waals surface area (Å²) in [7, 11) is -5.00. The van der Waals surface area contributed by atoms with Crippen molar-refractivity contribution in [1.82, 2.24) is 24.8 Å². The predicted molar refractivity (Wildman–Crippen MR) is 131 cm³/mol. The lowest BCUT2D eigenvalue weighted by Gasteiger charge is -2.22. The molecule has 2 aromatic heterocycles. The number of urea groups is 1. The van der Waals surface area contributed by atoms with Crippen LogP contribution >= 0.6 is 7.82 Å². The molecule has 3 aromatic rings. The van der Waals surface area contributed by atoms with Crippen LogP contribution in [0.3, 0.4) is 0 Å². The predicted octanol–water partition coefficient (Wildman–Crippen LogP) is 1.56. The molecule has 3 N–H and O–H groups in total. The van der Waals surface area contributed by atoms with E-state index in [-0.39, 0.29) is 5.82 Å². The molecule has 6 atom stereocenters.